The molecule has 6 heteroatoms. The molecule has 0 saturated carbocycles. The normalized spacial score (nSPS) is 11.8. The van der Waals surface area contributed by atoms with Gasteiger partial charge in [-0.2, -0.15) is 0 Å². The molecule has 0 radical (unpaired) electrons. The summed E-state index contributed by atoms with van der Waals surface area (Å²) < 4.78 is 0. The van der Waals surface area contributed by atoms with E-state index in [0.717, 1.165) is 0 Å². The fourth-order valence-electron chi connectivity index (χ4n) is 1.03. The van der Waals surface area contributed by atoms with Crippen molar-refractivity contribution < 1.29 is 4.79 Å². The van der Waals surface area contributed by atoms with E-state index in [-0.39, 0.29) is 4.99 Å². The molecule has 1 rings (SSSR count). The predicted molar refractivity (Wildman–Crippen MR) is 62.4 cm³/mol. The van der Waals surface area contributed by atoms with E-state index in [1.807, 2.05) is 0 Å². The van der Waals surface area contributed by atoms with Crippen molar-refractivity contribution in [2.24, 2.45) is 11.5 Å². The van der Waals surface area contributed by atoms with Crippen molar-refractivity contribution in [1.82, 2.24) is 4.98 Å². The molecule has 1 unspecified atom stereocenters. The number of nitrogens with zero attached hydrogens (tertiary/aromatic N) is 1. The number of primary amides is 1. The summed E-state index contributed by atoms with van der Waals surface area (Å²) in [5.74, 6) is -0.451. The Kier molecular flexibility index (Phi) is 3.56. The lowest BCUT2D eigenvalue weighted by molar-refractivity contribution is -0.118. The second-order valence-electron chi connectivity index (χ2n) is 3.05. The Bertz CT molecular complexity index is 393. The number of nitrogens with two attached hydrogens (primary N) is 2. The van der Waals surface area contributed by atoms with Gasteiger partial charge >= 0.3 is 0 Å². The number of thiocarbonyl (C=S) groups is 1. The van der Waals surface area contributed by atoms with Crippen LogP contribution in [-0.4, -0.2) is 21.9 Å². The lowest BCUT2D eigenvalue weighted by Crippen LogP contribution is -2.33. The summed E-state index contributed by atoms with van der Waals surface area (Å²) in [6.45, 7) is 1.65. The fourth-order valence-corrected chi connectivity index (χ4v) is 1.21. The first-order chi connectivity index (χ1) is 7.02. The Morgan fingerprint density at radius 3 is 2.80 bits per heavy atom. The number of carbonyl (C=O) groups is 1. The number of pyridine rings is 1. The van der Waals surface area contributed by atoms with Crippen LogP contribution in [0.5, 0.6) is 0 Å². The SMILES string of the molecule is CC(Nc1cnccc1C(N)=S)C(N)=O. The van der Waals surface area contributed by atoms with Crippen molar-refractivity contribution in [1.29, 1.82) is 0 Å². The third-order valence-electron chi connectivity index (χ3n) is 1.89. The summed E-state index contributed by atoms with van der Waals surface area (Å²) in [6.07, 6.45) is 3.13. The Balaban J connectivity index is 2.94. The first-order valence-corrected chi connectivity index (χ1v) is 4.73. The molecule has 15 heavy (non-hydrogen) atoms. The molecule has 0 aromatic carbocycles. The molecule has 5 nitrogen and oxygen atoms in total. The van der Waals surface area contributed by atoms with Gasteiger partial charge < -0.3 is 16.8 Å². The summed E-state index contributed by atoms with van der Waals surface area (Å²) in [5, 5.41) is 2.89. The molecular formula is C9H12N4OS. The third-order valence-corrected chi connectivity index (χ3v) is 2.11. The minimum atomic E-state index is -0.498. The number of nitrogens with one attached hydrogen (secondary N) is 1. The van der Waals surface area contributed by atoms with Crippen molar-refractivity contribution >= 4 is 28.8 Å². The zero-order chi connectivity index (χ0) is 11.4. The van der Waals surface area contributed by atoms with E-state index in [0.29, 0.717) is 11.3 Å². The fraction of sp³-hybridized carbons (Fsp3) is 0.222. The third kappa shape index (κ3) is 2.88. The van der Waals surface area contributed by atoms with Gasteiger partial charge in [0.1, 0.15) is 11.0 Å². The monoisotopic (exact) mass is 224 g/mol. The zero-order valence-corrected chi connectivity index (χ0v) is 9.04. The number of aromatic nitrogens is 1. The second kappa shape index (κ2) is 4.70. The van der Waals surface area contributed by atoms with Gasteiger partial charge in [0, 0.05) is 11.8 Å². The highest BCUT2D eigenvalue weighted by Gasteiger charge is 2.11. The minimum Gasteiger partial charge on any atom is -0.389 e. The number of amides is 1. The van der Waals surface area contributed by atoms with Gasteiger partial charge in [0.2, 0.25) is 5.91 Å². The number of anilines is 1. The first kappa shape index (κ1) is 11.4. The maximum Gasteiger partial charge on any atom is 0.239 e. The van der Waals surface area contributed by atoms with Crippen molar-refractivity contribution in [3.63, 3.8) is 0 Å². The summed E-state index contributed by atoms with van der Waals surface area (Å²) >= 11 is 4.86. The van der Waals surface area contributed by atoms with E-state index in [9.17, 15) is 4.79 Å². The van der Waals surface area contributed by atoms with E-state index in [1.165, 1.54) is 0 Å². The highest BCUT2D eigenvalue weighted by Crippen LogP contribution is 2.13. The average molecular weight is 224 g/mol. The summed E-state index contributed by atoms with van der Waals surface area (Å²) in [6, 6.07) is 1.18. The van der Waals surface area contributed by atoms with Crippen molar-refractivity contribution in [2.45, 2.75) is 13.0 Å². The highest BCUT2D eigenvalue weighted by molar-refractivity contribution is 7.80. The molecular weight excluding hydrogens is 212 g/mol. The van der Waals surface area contributed by atoms with Crippen LogP contribution in [0.3, 0.4) is 0 Å². The molecule has 0 spiro atoms. The average Bonchev–Trinajstić information content (AvgIpc) is 2.18. The van der Waals surface area contributed by atoms with Gasteiger partial charge in [-0.15, -0.1) is 0 Å². The Morgan fingerprint density at radius 2 is 2.27 bits per heavy atom. The van der Waals surface area contributed by atoms with Gasteiger partial charge in [-0.1, -0.05) is 12.2 Å². The zero-order valence-electron chi connectivity index (χ0n) is 8.23. The molecule has 1 aromatic heterocycles. The summed E-state index contributed by atoms with van der Waals surface area (Å²) in [4.78, 5) is 15.0. The Labute approximate surface area is 92.9 Å². The molecule has 1 aromatic rings. The second-order valence-corrected chi connectivity index (χ2v) is 3.49. The smallest absolute Gasteiger partial charge is 0.239 e. The molecule has 0 aliphatic rings. The van der Waals surface area contributed by atoms with Crippen molar-refractivity contribution in [3.05, 3.63) is 24.0 Å². The van der Waals surface area contributed by atoms with Gasteiger partial charge in [-0.25, -0.2) is 0 Å². The van der Waals surface area contributed by atoms with Gasteiger partial charge in [-0.05, 0) is 13.0 Å². The van der Waals surface area contributed by atoms with E-state index in [1.54, 1.807) is 25.4 Å². The molecule has 0 aliphatic heterocycles. The van der Waals surface area contributed by atoms with Crippen LogP contribution in [0.15, 0.2) is 18.5 Å². The molecule has 1 atom stereocenters. The minimum absolute atomic E-state index is 0.247. The molecule has 1 amide bonds. The van der Waals surface area contributed by atoms with Gasteiger partial charge in [0.25, 0.3) is 0 Å². The number of hydrogen-bond acceptors (Lipinski definition) is 4. The Hall–Kier alpha value is -1.69. The lowest BCUT2D eigenvalue weighted by atomic mass is 10.2. The number of carbonyl (C=O) groups excluding carboxylic acids is 1. The molecule has 5 N–H and O–H groups in total. The van der Waals surface area contributed by atoms with Gasteiger partial charge in [-0.3, -0.25) is 9.78 Å². The van der Waals surface area contributed by atoms with E-state index in [2.05, 4.69) is 10.3 Å². The molecule has 0 fully saturated rings. The van der Waals surface area contributed by atoms with Crippen LogP contribution < -0.4 is 16.8 Å². The quantitative estimate of drug-likeness (QED) is 0.626. The lowest BCUT2D eigenvalue weighted by Gasteiger charge is -2.14. The van der Waals surface area contributed by atoms with Crippen LogP contribution in [0.2, 0.25) is 0 Å². The van der Waals surface area contributed by atoms with E-state index in [4.69, 9.17) is 23.7 Å². The molecule has 80 valence electrons. The standard InChI is InChI=1S/C9H12N4OS/c1-5(8(10)14)13-7-4-12-3-2-6(7)9(11)15/h2-5,13H,1H3,(H2,10,14)(H2,11,15). The molecule has 1 heterocycles. The largest absolute Gasteiger partial charge is 0.389 e. The molecule has 0 bridgehead atoms. The van der Waals surface area contributed by atoms with Crippen LogP contribution in [-0.2, 0) is 4.79 Å². The van der Waals surface area contributed by atoms with E-state index < -0.39 is 11.9 Å². The number of hydrogen-bond donors (Lipinski definition) is 3. The van der Waals surface area contributed by atoms with Crippen molar-refractivity contribution in [3.8, 4) is 0 Å². The maximum absolute atomic E-state index is 10.9. The van der Waals surface area contributed by atoms with Crippen LogP contribution >= 0.6 is 12.2 Å². The summed E-state index contributed by atoms with van der Waals surface area (Å²) in [7, 11) is 0. The van der Waals surface area contributed by atoms with Gasteiger partial charge in [0.15, 0.2) is 0 Å². The van der Waals surface area contributed by atoms with Crippen molar-refractivity contribution in [2.75, 3.05) is 5.32 Å². The van der Waals surface area contributed by atoms with Crippen LogP contribution in [0.4, 0.5) is 5.69 Å². The Morgan fingerprint density at radius 1 is 1.60 bits per heavy atom. The van der Waals surface area contributed by atoms with E-state index >= 15 is 0 Å². The first-order valence-electron chi connectivity index (χ1n) is 4.32. The molecule has 0 saturated heterocycles. The number of rotatable bonds is 4. The topological polar surface area (TPSA) is 94.0 Å². The highest BCUT2D eigenvalue weighted by atomic mass is 32.1. The van der Waals surface area contributed by atoms with Crippen LogP contribution in [0.25, 0.3) is 0 Å². The summed E-state index contributed by atoms with van der Waals surface area (Å²) in [5.41, 5.74) is 11.9. The maximum atomic E-state index is 10.9. The van der Waals surface area contributed by atoms with Crippen LogP contribution in [0.1, 0.15) is 12.5 Å². The predicted octanol–water partition coefficient (Wildman–Crippen LogP) is 0.00150. The van der Waals surface area contributed by atoms with Crippen LogP contribution in [0, 0.1) is 0 Å². The van der Waals surface area contributed by atoms with Gasteiger partial charge in [0.05, 0.1) is 11.9 Å². The molecule has 0 aliphatic carbocycles.